The largest absolute Gasteiger partial charge is 0.496 e. The molecule has 1 N–H and O–H groups in total. The number of aliphatic hydroxyl groups is 1. The average molecular weight is 231 g/mol. The molecule has 3 nitrogen and oxygen atoms in total. The molecular formula is C14H17NO2. The predicted octanol–water partition coefficient (Wildman–Crippen LogP) is 2.25. The van der Waals surface area contributed by atoms with E-state index < -0.39 is 5.60 Å². The lowest BCUT2D eigenvalue weighted by atomic mass is 10.0. The van der Waals surface area contributed by atoms with E-state index >= 15 is 0 Å². The summed E-state index contributed by atoms with van der Waals surface area (Å²) in [5.74, 6) is 0.879. The average Bonchev–Trinajstić information content (AvgIpc) is 2.93. The Morgan fingerprint density at radius 3 is 2.82 bits per heavy atom. The Bertz CT molecular complexity index is 567. The van der Waals surface area contributed by atoms with Crippen molar-refractivity contribution in [2.75, 3.05) is 7.11 Å². The number of rotatable bonds is 3. The number of ether oxygens (including phenoxy) is 1. The quantitative estimate of drug-likeness (QED) is 0.879. The van der Waals surface area contributed by atoms with Crippen molar-refractivity contribution in [3.8, 4) is 5.75 Å². The van der Waals surface area contributed by atoms with Crippen molar-refractivity contribution in [1.82, 2.24) is 4.57 Å². The summed E-state index contributed by atoms with van der Waals surface area (Å²) in [5, 5.41) is 11.2. The first-order chi connectivity index (χ1) is 8.11. The second-order valence-corrected chi connectivity index (χ2v) is 5.05. The zero-order valence-corrected chi connectivity index (χ0v) is 10.2. The molecule has 3 rings (SSSR count). The molecule has 1 fully saturated rings. The summed E-state index contributed by atoms with van der Waals surface area (Å²) in [4.78, 5) is 0. The Morgan fingerprint density at radius 2 is 2.18 bits per heavy atom. The lowest BCUT2D eigenvalue weighted by Gasteiger charge is -2.13. The van der Waals surface area contributed by atoms with Gasteiger partial charge in [0, 0.05) is 30.6 Å². The van der Waals surface area contributed by atoms with Crippen LogP contribution in [0.3, 0.4) is 0 Å². The Balaban J connectivity index is 2.10. The monoisotopic (exact) mass is 231 g/mol. The summed E-state index contributed by atoms with van der Waals surface area (Å²) in [6.07, 6.45) is 4.54. The van der Waals surface area contributed by atoms with E-state index in [1.807, 2.05) is 13.2 Å². The van der Waals surface area contributed by atoms with Crippen LogP contribution < -0.4 is 4.74 Å². The molecule has 90 valence electrons. The molecule has 1 aromatic heterocycles. The summed E-state index contributed by atoms with van der Waals surface area (Å²) in [5.41, 5.74) is 1.80. The molecule has 0 atom stereocenters. The maximum atomic E-state index is 10.0. The van der Waals surface area contributed by atoms with E-state index in [-0.39, 0.29) is 0 Å². The molecule has 0 aliphatic heterocycles. The molecule has 0 unspecified atom stereocenters. The molecule has 0 amide bonds. The van der Waals surface area contributed by atoms with Crippen molar-refractivity contribution >= 4 is 10.9 Å². The number of aryl methyl sites for hydroxylation is 1. The second kappa shape index (κ2) is 3.50. The van der Waals surface area contributed by atoms with Crippen LogP contribution >= 0.6 is 0 Å². The standard InChI is InChI=1S/C14H17NO2/c1-15-6-3-10-8-13(17-2)11(7-12(10)15)9-14(16)4-5-14/h3,6-8,16H,4-5,9H2,1-2H3. The number of fused-ring (bicyclic) bond motifs is 1. The van der Waals surface area contributed by atoms with Gasteiger partial charge < -0.3 is 14.4 Å². The van der Waals surface area contributed by atoms with Crippen molar-refractivity contribution in [3.05, 3.63) is 30.0 Å². The van der Waals surface area contributed by atoms with E-state index in [2.05, 4.69) is 22.8 Å². The predicted molar refractivity (Wildman–Crippen MR) is 67.4 cm³/mol. The van der Waals surface area contributed by atoms with Gasteiger partial charge in [0.1, 0.15) is 5.75 Å². The highest BCUT2D eigenvalue weighted by molar-refractivity contribution is 5.83. The van der Waals surface area contributed by atoms with Gasteiger partial charge in [0.2, 0.25) is 0 Å². The first kappa shape index (κ1) is 10.7. The molecule has 3 heteroatoms. The van der Waals surface area contributed by atoms with Crippen molar-refractivity contribution in [2.24, 2.45) is 7.05 Å². The van der Waals surface area contributed by atoms with Crippen LogP contribution in [0.25, 0.3) is 10.9 Å². The summed E-state index contributed by atoms with van der Waals surface area (Å²) < 4.78 is 7.51. The van der Waals surface area contributed by atoms with Crippen molar-refractivity contribution in [2.45, 2.75) is 24.9 Å². The molecule has 0 saturated heterocycles. The maximum Gasteiger partial charge on any atom is 0.122 e. The van der Waals surface area contributed by atoms with Gasteiger partial charge in [0.25, 0.3) is 0 Å². The van der Waals surface area contributed by atoms with E-state index in [4.69, 9.17) is 4.74 Å². The number of aromatic nitrogens is 1. The number of hydrogen-bond donors (Lipinski definition) is 1. The van der Waals surface area contributed by atoms with Crippen molar-refractivity contribution in [1.29, 1.82) is 0 Å². The zero-order chi connectivity index (χ0) is 12.0. The molecule has 2 aromatic rings. The molecule has 1 heterocycles. The molecule has 17 heavy (non-hydrogen) atoms. The molecule has 0 radical (unpaired) electrons. The van der Waals surface area contributed by atoms with Crippen LogP contribution in [0.1, 0.15) is 18.4 Å². The molecule has 1 aliphatic carbocycles. The van der Waals surface area contributed by atoms with Crippen molar-refractivity contribution < 1.29 is 9.84 Å². The highest BCUT2D eigenvalue weighted by atomic mass is 16.5. The first-order valence-corrected chi connectivity index (χ1v) is 5.96. The summed E-state index contributed by atoms with van der Waals surface area (Å²) in [6, 6.07) is 6.26. The van der Waals surface area contributed by atoms with E-state index in [9.17, 15) is 5.11 Å². The Kier molecular flexibility index (Phi) is 2.20. The van der Waals surface area contributed by atoms with E-state index in [1.54, 1.807) is 7.11 Å². The normalized spacial score (nSPS) is 17.4. The Hall–Kier alpha value is -1.48. The number of methoxy groups -OCH3 is 1. The van der Waals surface area contributed by atoms with Crippen LogP contribution in [0.15, 0.2) is 24.4 Å². The molecule has 1 aromatic carbocycles. The number of benzene rings is 1. The third-order valence-electron chi connectivity index (χ3n) is 3.63. The molecule has 1 saturated carbocycles. The van der Waals surface area contributed by atoms with E-state index in [0.717, 1.165) is 24.2 Å². The van der Waals surface area contributed by atoms with Gasteiger partial charge in [0.15, 0.2) is 0 Å². The minimum absolute atomic E-state index is 0.480. The van der Waals surface area contributed by atoms with E-state index in [0.29, 0.717) is 6.42 Å². The van der Waals surface area contributed by atoms with Gasteiger partial charge in [-0.1, -0.05) is 0 Å². The minimum atomic E-state index is -0.480. The maximum absolute atomic E-state index is 10.0. The minimum Gasteiger partial charge on any atom is -0.496 e. The molecule has 1 aliphatic rings. The number of nitrogens with zero attached hydrogens (tertiary/aromatic N) is 1. The fraction of sp³-hybridized carbons (Fsp3) is 0.429. The lowest BCUT2D eigenvalue weighted by molar-refractivity contribution is 0.150. The highest BCUT2D eigenvalue weighted by Gasteiger charge is 2.40. The van der Waals surface area contributed by atoms with Gasteiger partial charge >= 0.3 is 0 Å². The molecule has 0 bridgehead atoms. The SMILES string of the molecule is COc1cc2ccn(C)c2cc1CC1(O)CC1. The Morgan fingerprint density at radius 1 is 1.41 bits per heavy atom. The van der Waals surface area contributed by atoms with Crippen LogP contribution in [-0.4, -0.2) is 22.4 Å². The summed E-state index contributed by atoms with van der Waals surface area (Å²) >= 11 is 0. The summed E-state index contributed by atoms with van der Waals surface area (Å²) in [7, 11) is 3.72. The van der Waals surface area contributed by atoms with Crippen molar-refractivity contribution in [3.63, 3.8) is 0 Å². The van der Waals surface area contributed by atoms with E-state index in [1.165, 1.54) is 10.9 Å². The smallest absolute Gasteiger partial charge is 0.122 e. The van der Waals surface area contributed by atoms with Crippen LogP contribution in [0.2, 0.25) is 0 Å². The van der Waals surface area contributed by atoms with Gasteiger partial charge in [-0.3, -0.25) is 0 Å². The fourth-order valence-electron chi connectivity index (χ4n) is 2.34. The van der Waals surface area contributed by atoms with Crippen LogP contribution in [0.4, 0.5) is 0 Å². The zero-order valence-electron chi connectivity index (χ0n) is 10.2. The fourth-order valence-corrected chi connectivity index (χ4v) is 2.34. The lowest BCUT2D eigenvalue weighted by Crippen LogP contribution is -2.11. The highest BCUT2D eigenvalue weighted by Crippen LogP contribution is 2.40. The van der Waals surface area contributed by atoms with Gasteiger partial charge in [-0.25, -0.2) is 0 Å². The van der Waals surface area contributed by atoms with Gasteiger partial charge in [-0.05, 0) is 36.6 Å². The topological polar surface area (TPSA) is 34.4 Å². The number of hydrogen-bond acceptors (Lipinski definition) is 2. The third kappa shape index (κ3) is 1.80. The third-order valence-corrected chi connectivity index (χ3v) is 3.63. The molecule has 0 spiro atoms. The summed E-state index contributed by atoms with van der Waals surface area (Å²) in [6.45, 7) is 0. The van der Waals surface area contributed by atoms with Crippen LogP contribution in [0.5, 0.6) is 5.75 Å². The Labute approximate surface area is 101 Å². The van der Waals surface area contributed by atoms with Gasteiger partial charge in [-0.2, -0.15) is 0 Å². The molecular weight excluding hydrogens is 214 g/mol. The first-order valence-electron chi connectivity index (χ1n) is 5.96. The second-order valence-electron chi connectivity index (χ2n) is 5.05. The van der Waals surface area contributed by atoms with Gasteiger partial charge in [-0.15, -0.1) is 0 Å². The van der Waals surface area contributed by atoms with Gasteiger partial charge in [0.05, 0.1) is 12.7 Å². The van der Waals surface area contributed by atoms with Crippen LogP contribution in [0, 0.1) is 0 Å². The van der Waals surface area contributed by atoms with Crippen LogP contribution in [-0.2, 0) is 13.5 Å².